The van der Waals surface area contributed by atoms with E-state index in [1.54, 1.807) is 6.20 Å². The van der Waals surface area contributed by atoms with Gasteiger partial charge in [0.1, 0.15) is 17.5 Å². The maximum absolute atomic E-state index is 13.8. The van der Waals surface area contributed by atoms with E-state index in [1.165, 1.54) is 11.3 Å². The van der Waals surface area contributed by atoms with Gasteiger partial charge in [0, 0.05) is 48.2 Å². The number of carbonyl (C=O) groups is 5. The summed E-state index contributed by atoms with van der Waals surface area (Å²) < 4.78 is 2.97. The van der Waals surface area contributed by atoms with Crippen molar-refractivity contribution in [1.29, 1.82) is 0 Å². The van der Waals surface area contributed by atoms with Gasteiger partial charge in [-0.3, -0.25) is 29.1 Å². The predicted octanol–water partition coefficient (Wildman–Crippen LogP) is 1.83. The minimum Gasteiger partial charge on any atom is -0.481 e. The van der Waals surface area contributed by atoms with Crippen molar-refractivity contribution in [3.8, 4) is 0 Å². The molecule has 4 aromatic rings. The first-order valence-electron chi connectivity index (χ1n) is 14.9. The summed E-state index contributed by atoms with van der Waals surface area (Å²) in [5.41, 5.74) is 3.19. The molecule has 3 amide bonds. The third kappa shape index (κ3) is 6.65. The van der Waals surface area contributed by atoms with Crippen molar-refractivity contribution in [3.05, 3.63) is 70.6 Å². The van der Waals surface area contributed by atoms with E-state index in [-0.39, 0.29) is 43.9 Å². The smallest absolute Gasteiger partial charge is 0.303 e. The number of thiophene rings is 1. The second-order valence-corrected chi connectivity index (χ2v) is 12.5. The van der Waals surface area contributed by atoms with E-state index in [4.69, 9.17) is 0 Å². The third-order valence-electron chi connectivity index (χ3n) is 8.55. The van der Waals surface area contributed by atoms with E-state index in [0.717, 1.165) is 26.9 Å². The lowest BCUT2D eigenvalue weighted by atomic mass is 9.79. The fourth-order valence-corrected chi connectivity index (χ4v) is 7.33. The second-order valence-electron chi connectivity index (χ2n) is 11.5. The van der Waals surface area contributed by atoms with Crippen LogP contribution in [0.2, 0.25) is 0 Å². The first-order chi connectivity index (χ1) is 21.8. The maximum Gasteiger partial charge on any atom is 0.303 e. The van der Waals surface area contributed by atoms with Crippen LogP contribution in [0.1, 0.15) is 54.1 Å². The van der Waals surface area contributed by atoms with Crippen molar-refractivity contribution in [3.63, 3.8) is 0 Å². The molecule has 1 aromatic carbocycles. The van der Waals surface area contributed by atoms with Crippen LogP contribution in [0.15, 0.2) is 48.1 Å². The highest BCUT2D eigenvalue weighted by molar-refractivity contribution is 7.17. The number of rotatable bonds is 11. The standard InChI is InChI=1S/C31H33N7O6S/c39-24-11-18(30(43)32-13-20-14-33-37-36-20)15-38-10-9-17-5-6-22(28(24)29(17)38)35-31(44)23(7-8-27(41)42)34-26(40)12-19-16-45-25-4-2-1-3-21(19)25/h1-4,9-10,14,16,18,22-23,28H,5-8,11-13,15H2,(H,32,43)(H,34,40)(H,35,44)(H,41,42)(H,33,36,37)/t18-,22-,23?,28?/m0/s1. The number of fused-ring (bicyclic) bond motifs is 1. The molecule has 14 heteroatoms. The summed E-state index contributed by atoms with van der Waals surface area (Å²) in [4.78, 5) is 65.0. The zero-order valence-electron chi connectivity index (χ0n) is 24.3. The Hall–Kier alpha value is -4.85. The highest BCUT2D eigenvalue weighted by atomic mass is 32.1. The van der Waals surface area contributed by atoms with Gasteiger partial charge in [-0.1, -0.05) is 23.4 Å². The molecule has 4 heterocycles. The van der Waals surface area contributed by atoms with E-state index in [0.29, 0.717) is 25.1 Å². The molecule has 4 atom stereocenters. The number of nitrogens with one attached hydrogen (secondary N) is 4. The zero-order chi connectivity index (χ0) is 31.5. The van der Waals surface area contributed by atoms with Crippen LogP contribution in [-0.2, 0) is 49.9 Å². The topological polar surface area (TPSA) is 188 Å². The Morgan fingerprint density at radius 2 is 2.02 bits per heavy atom. The Morgan fingerprint density at radius 1 is 1.18 bits per heavy atom. The summed E-state index contributed by atoms with van der Waals surface area (Å²) in [6, 6.07) is 8.01. The Balaban J connectivity index is 1.15. The van der Waals surface area contributed by atoms with Gasteiger partial charge >= 0.3 is 5.97 Å². The summed E-state index contributed by atoms with van der Waals surface area (Å²) in [5, 5.41) is 30.8. The number of ketones is 1. The molecule has 0 saturated heterocycles. The molecule has 0 saturated carbocycles. The fourth-order valence-electron chi connectivity index (χ4n) is 6.37. The number of aliphatic carboxylic acids is 1. The number of amides is 3. The molecule has 5 N–H and O–H groups in total. The van der Waals surface area contributed by atoms with Crippen molar-refractivity contribution >= 4 is 50.9 Å². The van der Waals surface area contributed by atoms with Gasteiger partial charge in [0.25, 0.3) is 0 Å². The number of carboxylic acid groups (broad SMARTS) is 1. The number of hydrogen-bond acceptors (Lipinski definition) is 8. The molecule has 0 radical (unpaired) electrons. The van der Waals surface area contributed by atoms with Crippen LogP contribution in [0.4, 0.5) is 0 Å². The van der Waals surface area contributed by atoms with Gasteiger partial charge in [0.2, 0.25) is 17.7 Å². The van der Waals surface area contributed by atoms with Gasteiger partial charge in [-0.25, -0.2) is 0 Å². The Morgan fingerprint density at radius 3 is 2.82 bits per heavy atom. The predicted molar refractivity (Wildman–Crippen MR) is 163 cm³/mol. The van der Waals surface area contributed by atoms with Crippen LogP contribution in [0.3, 0.4) is 0 Å². The molecule has 0 spiro atoms. The minimum atomic E-state index is -1.09. The SMILES string of the molecule is O=C(O)CCC(NC(=O)Cc1csc2ccccc12)C(=O)N[C@H]1CCc2ccn3c2C1C(=O)C[C@H](C(=O)NCc1c[nH]nn1)C3. The molecule has 0 fully saturated rings. The van der Waals surface area contributed by atoms with Crippen molar-refractivity contribution in [1.82, 2.24) is 35.9 Å². The number of carbonyl (C=O) groups excluding carboxylic acids is 4. The van der Waals surface area contributed by atoms with E-state index >= 15 is 0 Å². The van der Waals surface area contributed by atoms with Crippen LogP contribution in [-0.4, -0.2) is 66.6 Å². The number of hydrogen-bond donors (Lipinski definition) is 5. The molecule has 45 heavy (non-hydrogen) atoms. The summed E-state index contributed by atoms with van der Waals surface area (Å²) in [6.07, 6.45) is 4.20. The Labute approximate surface area is 261 Å². The molecule has 1 aliphatic heterocycles. The monoisotopic (exact) mass is 631 g/mol. The molecule has 2 unspecified atom stereocenters. The van der Waals surface area contributed by atoms with E-state index in [2.05, 4.69) is 31.4 Å². The quantitative estimate of drug-likeness (QED) is 0.166. The molecule has 2 aliphatic rings. The zero-order valence-corrected chi connectivity index (χ0v) is 25.1. The van der Waals surface area contributed by atoms with Crippen LogP contribution >= 0.6 is 11.3 Å². The van der Waals surface area contributed by atoms with E-state index in [1.807, 2.05) is 46.5 Å². The Kier molecular flexibility index (Phi) is 8.74. The normalized spacial score (nSPS) is 19.7. The van der Waals surface area contributed by atoms with E-state index < -0.39 is 41.7 Å². The van der Waals surface area contributed by atoms with Crippen LogP contribution in [0.5, 0.6) is 0 Å². The van der Waals surface area contributed by atoms with Gasteiger partial charge in [-0.05, 0) is 53.3 Å². The number of aromatic amines is 1. The number of carboxylic acids is 1. The summed E-state index contributed by atoms with van der Waals surface area (Å²) in [5.74, 6) is -3.73. The van der Waals surface area contributed by atoms with Crippen LogP contribution in [0.25, 0.3) is 10.1 Å². The highest BCUT2D eigenvalue weighted by Crippen LogP contribution is 2.38. The molecule has 6 rings (SSSR count). The average Bonchev–Trinajstić information content (AvgIpc) is 3.76. The maximum atomic E-state index is 13.8. The lowest BCUT2D eigenvalue weighted by Crippen LogP contribution is -2.53. The second kappa shape index (κ2) is 13.0. The van der Waals surface area contributed by atoms with Crippen LogP contribution < -0.4 is 16.0 Å². The lowest BCUT2D eigenvalue weighted by Gasteiger charge is -2.33. The van der Waals surface area contributed by atoms with Gasteiger partial charge in [0.15, 0.2) is 0 Å². The number of benzene rings is 1. The van der Waals surface area contributed by atoms with Crippen molar-refractivity contribution < 1.29 is 29.1 Å². The number of aromatic nitrogens is 4. The molecule has 234 valence electrons. The minimum absolute atomic E-state index is 0.00339. The number of Topliss-reactive ketones (excluding diaryl/α,β-unsaturated/α-hetero) is 1. The number of aryl methyl sites for hydroxylation is 1. The molecular weight excluding hydrogens is 598 g/mol. The van der Waals surface area contributed by atoms with Gasteiger partial charge in [0.05, 0.1) is 24.8 Å². The fraction of sp³-hybridized carbons (Fsp3) is 0.387. The first kappa shape index (κ1) is 30.2. The van der Waals surface area contributed by atoms with E-state index in [9.17, 15) is 29.1 Å². The molecule has 1 aliphatic carbocycles. The molecule has 3 aromatic heterocycles. The lowest BCUT2D eigenvalue weighted by molar-refractivity contribution is -0.138. The molecular formula is C31H33N7O6S. The van der Waals surface area contributed by atoms with Gasteiger partial charge < -0.3 is 25.6 Å². The van der Waals surface area contributed by atoms with Gasteiger partial charge in [-0.2, -0.15) is 0 Å². The van der Waals surface area contributed by atoms with Crippen molar-refractivity contribution in [2.24, 2.45) is 5.92 Å². The molecule has 13 nitrogen and oxygen atoms in total. The summed E-state index contributed by atoms with van der Waals surface area (Å²) in [7, 11) is 0. The summed E-state index contributed by atoms with van der Waals surface area (Å²) >= 11 is 1.53. The first-order valence-corrected chi connectivity index (χ1v) is 15.7. The highest BCUT2D eigenvalue weighted by Gasteiger charge is 2.42. The van der Waals surface area contributed by atoms with Crippen molar-refractivity contribution in [2.45, 2.75) is 69.6 Å². The van der Waals surface area contributed by atoms with Crippen molar-refractivity contribution in [2.75, 3.05) is 0 Å². The summed E-state index contributed by atoms with van der Waals surface area (Å²) in [6.45, 7) is 0.495. The average molecular weight is 632 g/mol. The number of nitrogens with zero attached hydrogens (tertiary/aromatic N) is 3. The molecule has 0 bridgehead atoms. The largest absolute Gasteiger partial charge is 0.481 e. The Bertz CT molecular complexity index is 1750. The van der Waals surface area contributed by atoms with Crippen LogP contribution in [0, 0.1) is 5.92 Å². The number of H-pyrrole nitrogens is 1. The third-order valence-corrected chi connectivity index (χ3v) is 9.56. The van der Waals surface area contributed by atoms with Gasteiger partial charge in [-0.15, -0.1) is 16.4 Å².